The van der Waals surface area contributed by atoms with Crippen LogP contribution in [0.4, 0.5) is 0 Å². The zero-order chi connectivity index (χ0) is 33.3. The van der Waals surface area contributed by atoms with E-state index in [1.54, 1.807) is 37.1 Å². The zero-order valence-electron chi connectivity index (χ0n) is 27.1. The monoisotopic (exact) mass is 643 g/mol. The van der Waals surface area contributed by atoms with Crippen LogP contribution in [0.3, 0.4) is 0 Å². The molecular formula is C36H45N5O6. The molecule has 11 nitrogen and oxygen atoms in total. The van der Waals surface area contributed by atoms with Crippen molar-refractivity contribution in [3.63, 3.8) is 0 Å². The number of hydrogen-bond acceptors (Lipinski definition) is 7. The minimum atomic E-state index is -1.57. The van der Waals surface area contributed by atoms with Gasteiger partial charge in [-0.3, -0.25) is 14.4 Å². The molecule has 1 saturated carbocycles. The smallest absolute Gasteiger partial charge is 0.337 e. The number of fused-ring (bicyclic) bond motifs is 1. The summed E-state index contributed by atoms with van der Waals surface area (Å²) in [4.78, 5) is 63.2. The molecule has 4 N–H and O–H groups in total. The average Bonchev–Trinajstić information content (AvgIpc) is 3.70. The lowest BCUT2D eigenvalue weighted by molar-refractivity contribution is -0.159. The standard InChI is InChI=1S/C36H45N5O6/c1-23(2)47-36(46)32(42)29(17-24-11-5-3-6-12-24)39-33(43)30(19-27-20-37-22-38-27)40-34(44)31(18-25-13-7-4-8-14-25)41-21-26-15-9-10-16-28(26)35(41)45/h4,7-10,13-16,20,22-24,29-32,42H,3,5-6,11-12,17-19,21H2,1-2H3,(H,37,38)(H,39,43)(H,40,44). The third-order valence-corrected chi connectivity index (χ3v) is 9.03. The van der Waals surface area contributed by atoms with Gasteiger partial charge in [0.2, 0.25) is 11.8 Å². The molecule has 0 bridgehead atoms. The first kappa shape index (κ1) is 33.8. The molecule has 1 aromatic heterocycles. The molecule has 4 atom stereocenters. The molecule has 2 aromatic carbocycles. The summed E-state index contributed by atoms with van der Waals surface area (Å²) in [5, 5.41) is 16.9. The Hall–Kier alpha value is -4.51. The van der Waals surface area contributed by atoms with Crippen molar-refractivity contribution in [3.05, 3.63) is 89.5 Å². The summed E-state index contributed by atoms with van der Waals surface area (Å²) in [6.45, 7) is 3.67. The maximum atomic E-state index is 14.2. The number of hydrogen-bond donors (Lipinski definition) is 4. The molecule has 11 heteroatoms. The number of H-pyrrole nitrogens is 1. The van der Waals surface area contributed by atoms with Gasteiger partial charge >= 0.3 is 5.97 Å². The number of benzene rings is 2. The van der Waals surface area contributed by atoms with Crippen molar-refractivity contribution in [2.45, 2.75) is 102 Å². The van der Waals surface area contributed by atoms with E-state index in [0.29, 0.717) is 17.7 Å². The molecule has 250 valence electrons. The molecule has 0 radical (unpaired) electrons. The quantitative estimate of drug-likeness (QED) is 0.196. The molecule has 1 fully saturated rings. The molecule has 0 spiro atoms. The van der Waals surface area contributed by atoms with Gasteiger partial charge in [-0.05, 0) is 43.4 Å². The summed E-state index contributed by atoms with van der Waals surface area (Å²) in [5.74, 6) is -1.86. The Morgan fingerprint density at radius 1 is 0.979 bits per heavy atom. The number of nitrogens with zero attached hydrogens (tertiary/aromatic N) is 2. The van der Waals surface area contributed by atoms with Gasteiger partial charge in [0.05, 0.1) is 18.5 Å². The van der Waals surface area contributed by atoms with E-state index < -0.39 is 48.1 Å². The number of imidazole rings is 1. The van der Waals surface area contributed by atoms with Crippen molar-refractivity contribution >= 4 is 23.7 Å². The summed E-state index contributed by atoms with van der Waals surface area (Å²) in [6, 6.07) is 13.8. The van der Waals surface area contributed by atoms with Crippen LogP contribution in [0, 0.1) is 5.92 Å². The summed E-state index contributed by atoms with van der Waals surface area (Å²) in [7, 11) is 0. The maximum absolute atomic E-state index is 14.2. The van der Waals surface area contributed by atoms with Crippen molar-refractivity contribution in [2.75, 3.05) is 0 Å². The summed E-state index contributed by atoms with van der Waals surface area (Å²) in [6.07, 6.45) is 6.92. The number of aliphatic hydroxyl groups excluding tert-OH is 1. The summed E-state index contributed by atoms with van der Waals surface area (Å²) in [5.41, 5.74) is 2.87. The molecule has 5 rings (SSSR count). The Morgan fingerprint density at radius 3 is 2.38 bits per heavy atom. The van der Waals surface area contributed by atoms with E-state index in [2.05, 4.69) is 20.6 Å². The molecule has 2 aliphatic rings. The van der Waals surface area contributed by atoms with E-state index in [1.807, 2.05) is 42.5 Å². The van der Waals surface area contributed by atoms with Gasteiger partial charge in [0, 0.05) is 36.8 Å². The maximum Gasteiger partial charge on any atom is 0.337 e. The molecule has 47 heavy (non-hydrogen) atoms. The predicted molar refractivity (Wildman–Crippen MR) is 175 cm³/mol. The Labute approximate surface area is 275 Å². The van der Waals surface area contributed by atoms with Crippen LogP contribution >= 0.6 is 0 Å². The molecule has 4 unspecified atom stereocenters. The highest BCUT2D eigenvalue weighted by molar-refractivity contribution is 6.01. The normalized spacial score (nSPS) is 17.4. The second-order valence-electron chi connectivity index (χ2n) is 12.9. The fourth-order valence-corrected chi connectivity index (χ4v) is 6.60. The number of nitrogens with one attached hydrogen (secondary N) is 3. The molecule has 3 aromatic rings. The summed E-state index contributed by atoms with van der Waals surface area (Å²) >= 11 is 0. The van der Waals surface area contributed by atoms with Crippen molar-refractivity contribution in [2.24, 2.45) is 5.92 Å². The third-order valence-electron chi connectivity index (χ3n) is 9.03. The van der Waals surface area contributed by atoms with Gasteiger partial charge in [0.25, 0.3) is 5.91 Å². The first-order chi connectivity index (χ1) is 22.7. The Kier molecular flexibility index (Phi) is 11.4. The van der Waals surface area contributed by atoms with E-state index >= 15 is 0 Å². The predicted octanol–water partition coefficient (Wildman–Crippen LogP) is 3.47. The number of rotatable bonds is 14. The van der Waals surface area contributed by atoms with Gasteiger partial charge in [-0.25, -0.2) is 9.78 Å². The molecule has 3 amide bonds. The third kappa shape index (κ3) is 8.85. The van der Waals surface area contributed by atoms with Crippen LogP contribution in [0.15, 0.2) is 67.1 Å². The molecule has 2 heterocycles. The average molecular weight is 644 g/mol. The number of aromatic nitrogens is 2. The number of carbonyl (C=O) groups is 4. The van der Waals surface area contributed by atoms with Gasteiger partial charge in [-0.2, -0.15) is 0 Å². The van der Waals surface area contributed by atoms with E-state index in [9.17, 15) is 24.3 Å². The van der Waals surface area contributed by atoms with Crippen LogP contribution in [0.25, 0.3) is 0 Å². The van der Waals surface area contributed by atoms with Gasteiger partial charge in [-0.15, -0.1) is 0 Å². The van der Waals surface area contributed by atoms with Crippen molar-refractivity contribution in [3.8, 4) is 0 Å². The minimum absolute atomic E-state index is 0.0759. The van der Waals surface area contributed by atoms with Crippen LogP contribution in [0.5, 0.6) is 0 Å². The number of aromatic amines is 1. The highest BCUT2D eigenvalue weighted by Crippen LogP contribution is 2.29. The lowest BCUT2D eigenvalue weighted by Crippen LogP contribution is -2.58. The van der Waals surface area contributed by atoms with Crippen LogP contribution < -0.4 is 10.6 Å². The minimum Gasteiger partial charge on any atom is -0.461 e. The summed E-state index contributed by atoms with van der Waals surface area (Å²) < 4.78 is 5.30. The van der Waals surface area contributed by atoms with Gasteiger partial charge in [-0.1, -0.05) is 80.6 Å². The molecule has 1 aliphatic heterocycles. The van der Waals surface area contributed by atoms with Crippen molar-refractivity contribution < 1.29 is 29.0 Å². The number of ether oxygens (including phenoxy) is 1. The number of carbonyl (C=O) groups excluding carboxylic acids is 4. The largest absolute Gasteiger partial charge is 0.461 e. The zero-order valence-corrected chi connectivity index (χ0v) is 27.1. The topological polar surface area (TPSA) is 154 Å². The molecular weight excluding hydrogens is 598 g/mol. The SMILES string of the molecule is CC(C)OC(=O)C(O)C(CC1CCCCC1)NC(=O)C(Cc1cnc[nH]1)NC(=O)C(Cc1ccccc1)N1Cc2ccccc2C1=O. The number of amides is 3. The first-order valence-electron chi connectivity index (χ1n) is 16.6. The second-order valence-corrected chi connectivity index (χ2v) is 12.9. The van der Waals surface area contributed by atoms with E-state index in [1.165, 1.54) is 6.33 Å². The fraction of sp³-hybridized carbons (Fsp3) is 0.472. The Morgan fingerprint density at radius 2 is 1.70 bits per heavy atom. The number of aliphatic hydroxyl groups is 1. The van der Waals surface area contributed by atoms with Crippen LogP contribution in [0.1, 0.15) is 79.6 Å². The van der Waals surface area contributed by atoms with Crippen molar-refractivity contribution in [1.29, 1.82) is 0 Å². The highest BCUT2D eigenvalue weighted by Gasteiger charge is 2.39. The van der Waals surface area contributed by atoms with Crippen LogP contribution in [-0.4, -0.2) is 74.0 Å². The first-order valence-corrected chi connectivity index (χ1v) is 16.6. The van der Waals surface area contributed by atoms with Gasteiger partial charge in [0.1, 0.15) is 12.1 Å². The van der Waals surface area contributed by atoms with Crippen molar-refractivity contribution in [1.82, 2.24) is 25.5 Å². The molecule has 0 saturated heterocycles. The van der Waals surface area contributed by atoms with Crippen LogP contribution in [0.2, 0.25) is 0 Å². The Bertz CT molecular complexity index is 1510. The second kappa shape index (κ2) is 15.9. The van der Waals surface area contributed by atoms with Gasteiger partial charge in [0.15, 0.2) is 6.10 Å². The fourth-order valence-electron chi connectivity index (χ4n) is 6.60. The highest BCUT2D eigenvalue weighted by atomic mass is 16.6. The van der Waals surface area contributed by atoms with E-state index in [-0.39, 0.29) is 31.2 Å². The lowest BCUT2D eigenvalue weighted by atomic mass is 9.83. The number of esters is 1. The van der Waals surface area contributed by atoms with E-state index in [4.69, 9.17) is 4.74 Å². The lowest BCUT2D eigenvalue weighted by Gasteiger charge is -2.32. The van der Waals surface area contributed by atoms with E-state index in [0.717, 1.165) is 43.2 Å². The van der Waals surface area contributed by atoms with Gasteiger partial charge < -0.3 is 30.4 Å². The van der Waals surface area contributed by atoms with Crippen LogP contribution in [-0.2, 0) is 38.5 Å². The molecule has 1 aliphatic carbocycles. The Balaban J connectivity index is 1.39.